The monoisotopic (exact) mass is 349 g/mol. The minimum Gasteiger partial charge on any atom is -0.493 e. The van der Waals surface area contributed by atoms with Crippen molar-refractivity contribution in [1.29, 1.82) is 0 Å². The van der Waals surface area contributed by atoms with Gasteiger partial charge in [-0.25, -0.2) is 0 Å². The molecule has 0 saturated carbocycles. The molecule has 2 aromatic rings. The fourth-order valence-corrected chi connectivity index (χ4v) is 3.39. The Morgan fingerprint density at radius 3 is 3.00 bits per heavy atom. The lowest BCUT2D eigenvalue weighted by molar-refractivity contribution is 0.357. The van der Waals surface area contributed by atoms with Crippen molar-refractivity contribution in [3.63, 3.8) is 0 Å². The molecule has 112 valence electrons. The predicted molar refractivity (Wildman–Crippen MR) is 86.8 cm³/mol. The molecule has 3 nitrogen and oxygen atoms in total. The summed E-state index contributed by atoms with van der Waals surface area (Å²) in [5.41, 5.74) is 3.92. The van der Waals surface area contributed by atoms with Gasteiger partial charge in [0.05, 0.1) is 12.9 Å². The van der Waals surface area contributed by atoms with Crippen molar-refractivity contribution in [2.75, 3.05) is 13.2 Å². The van der Waals surface area contributed by atoms with E-state index in [0.717, 1.165) is 42.8 Å². The first kappa shape index (κ1) is 14.7. The number of ether oxygens (including phenoxy) is 1. The first-order valence-electron chi connectivity index (χ1n) is 7.49. The van der Waals surface area contributed by atoms with Gasteiger partial charge in [-0.2, -0.15) is 0 Å². The third-order valence-corrected chi connectivity index (χ3v) is 4.59. The van der Waals surface area contributed by atoms with Crippen molar-refractivity contribution in [2.45, 2.75) is 32.2 Å². The fraction of sp³-hybridized carbons (Fsp3) is 0.412. The van der Waals surface area contributed by atoms with Gasteiger partial charge in [0, 0.05) is 18.0 Å². The zero-order chi connectivity index (χ0) is 14.7. The van der Waals surface area contributed by atoms with Crippen LogP contribution in [0.15, 0.2) is 39.6 Å². The molecular weight excluding hydrogens is 330 g/mol. The van der Waals surface area contributed by atoms with Crippen LogP contribution in [0.25, 0.3) is 0 Å². The molecule has 1 unspecified atom stereocenters. The Morgan fingerprint density at radius 1 is 1.33 bits per heavy atom. The van der Waals surface area contributed by atoms with Crippen LogP contribution in [0.5, 0.6) is 5.75 Å². The maximum Gasteiger partial charge on any atom is 0.173 e. The number of rotatable bonds is 6. The molecule has 0 aliphatic carbocycles. The predicted octanol–water partition coefficient (Wildman–Crippen LogP) is 4.26. The van der Waals surface area contributed by atoms with Crippen molar-refractivity contribution in [3.8, 4) is 5.75 Å². The molecule has 3 rings (SSSR count). The molecule has 4 heteroatoms. The summed E-state index contributed by atoms with van der Waals surface area (Å²) in [6.07, 6.45) is 4.86. The number of benzene rings is 1. The zero-order valence-corrected chi connectivity index (χ0v) is 13.8. The highest BCUT2D eigenvalue weighted by Crippen LogP contribution is 2.30. The van der Waals surface area contributed by atoms with Crippen LogP contribution in [0, 0.1) is 0 Å². The third kappa shape index (κ3) is 3.33. The van der Waals surface area contributed by atoms with E-state index in [9.17, 15) is 0 Å². The first-order valence-corrected chi connectivity index (χ1v) is 8.28. The van der Waals surface area contributed by atoms with Gasteiger partial charge in [-0.1, -0.05) is 19.1 Å². The van der Waals surface area contributed by atoms with Gasteiger partial charge in [0.1, 0.15) is 5.75 Å². The largest absolute Gasteiger partial charge is 0.493 e. The lowest BCUT2D eigenvalue weighted by Gasteiger charge is -2.17. The van der Waals surface area contributed by atoms with Crippen molar-refractivity contribution in [2.24, 2.45) is 0 Å². The molecule has 1 aromatic carbocycles. The smallest absolute Gasteiger partial charge is 0.173 e. The second-order valence-electron chi connectivity index (χ2n) is 5.34. The van der Waals surface area contributed by atoms with Gasteiger partial charge in [-0.15, -0.1) is 0 Å². The highest BCUT2D eigenvalue weighted by Gasteiger charge is 2.17. The molecule has 1 aliphatic heterocycles. The molecule has 2 heterocycles. The van der Waals surface area contributed by atoms with E-state index in [-0.39, 0.29) is 0 Å². The normalized spacial score (nSPS) is 14.8. The van der Waals surface area contributed by atoms with E-state index >= 15 is 0 Å². The third-order valence-electron chi connectivity index (χ3n) is 3.95. The van der Waals surface area contributed by atoms with Crippen molar-refractivity contribution in [1.82, 2.24) is 5.32 Å². The summed E-state index contributed by atoms with van der Waals surface area (Å²) in [6.45, 7) is 3.90. The van der Waals surface area contributed by atoms with Crippen molar-refractivity contribution < 1.29 is 9.15 Å². The fourth-order valence-electron chi connectivity index (χ4n) is 2.87. The number of nitrogens with one attached hydrogen (secondary N) is 1. The van der Waals surface area contributed by atoms with Crippen molar-refractivity contribution in [3.05, 3.63) is 51.9 Å². The molecule has 0 spiro atoms. The van der Waals surface area contributed by atoms with Gasteiger partial charge in [-0.3, -0.25) is 0 Å². The molecule has 1 aliphatic rings. The van der Waals surface area contributed by atoms with Crippen LogP contribution in [0.1, 0.15) is 36.1 Å². The van der Waals surface area contributed by atoms with Gasteiger partial charge in [0.2, 0.25) is 0 Å². The van der Waals surface area contributed by atoms with Gasteiger partial charge in [0.15, 0.2) is 4.67 Å². The van der Waals surface area contributed by atoms with E-state index in [4.69, 9.17) is 9.15 Å². The Morgan fingerprint density at radius 2 is 2.24 bits per heavy atom. The lowest BCUT2D eigenvalue weighted by Crippen LogP contribution is -2.21. The number of halogens is 1. The second-order valence-corrected chi connectivity index (χ2v) is 6.06. The molecule has 0 amide bonds. The van der Waals surface area contributed by atoms with Gasteiger partial charge >= 0.3 is 0 Å². The standard InChI is InChI=1S/C17H20BrNO2/c1-2-19-15(14-8-10-21-17(14)18)5-3-12-4-6-16-13(11-12)7-9-20-16/h4,6,8,10-11,15,19H,2-3,5,7,9H2,1H3. The molecule has 1 atom stereocenters. The van der Waals surface area contributed by atoms with Crippen LogP contribution in [0.3, 0.4) is 0 Å². The van der Waals surface area contributed by atoms with Crippen molar-refractivity contribution >= 4 is 15.9 Å². The highest BCUT2D eigenvalue weighted by atomic mass is 79.9. The Kier molecular flexibility index (Phi) is 4.66. The van der Waals surface area contributed by atoms with Gasteiger partial charge in [-0.05, 0) is 58.6 Å². The second kappa shape index (κ2) is 6.67. The minimum absolute atomic E-state index is 0.313. The van der Waals surface area contributed by atoms with Crippen LogP contribution in [0.2, 0.25) is 0 Å². The number of furan rings is 1. The summed E-state index contributed by atoms with van der Waals surface area (Å²) >= 11 is 3.48. The SMILES string of the molecule is CCNC(CCc1ccc2c(c1)CCO2)c1ccoc1Br. The van der Waals surface area contributed by atoms with E-state index in [0.29, 0.717) is 6.04 Å². The Labute approximate surface area is 133 Å². The quantitative estimate of drug-likeness (QED) is 0.845. The first-order chi connectivity index (χ1) is 10.3. The Hall–Kier alpha value is -1.26. The molecule has 0 radical (unpaired) electrons. The summed E-state index contributed by atoms with van der Waals surface area (Å²) in [5.74, 6) is 1.06. The Bertz CT molecular complexity index is 609. The van der Waals surface area contributed by atoms with E-state index in [1.54, 1.807) is 6.26 Å². The van der Waals surface area contributed by atoms with E-state index in [1.165, 1.54) is 16.7 Å². The number of aryl methyl sites for hydroxylation is 1. The van der Waals surface area contributed by atoms with Gasteiger partial charge in [0.25, 0.3) is 0 Å². The minimum atomic E-state index is 0.313. The van der Waals surface area contributed by atoms with Crippen LogP contribution in [-0.2, 0) is 12.8 Å². The lowest BCUT2D eigenvalue weighted by atomic mass is 9.99. The number of hydrogen-bond acceptors (Lipinski definition) is 3. The zero-order valence-electron chi connectivity index (χ0n) is 12.2. The molecular formula is C17H20BrNO2. The molecule has 1 N–H and O–H groups in total. The molecule has 21 heavy (non-hydrogen) atoms. The summed E-state index contributed by atoms with van der Waals surface area (Å²) in [6, 6.07) is 8.92. The summed E-state index contributed by atoms with van der Waals surface area (Å²) in [5, 5.41) is 3.53. The van der Waals surface area contributed by atoms with Crippen LogP contribution >= 0.6 is 15.9 Å². The Balaban J connectivity index is 1.68. The molecule has 0 bridgehead atoms. The van der Waals surface area contributed by atoms with E-state index < -0.39 is 0 Å². The molecule has 1 aromatic heterocycles. The summed E-state index contributed by atoms with van der Waals surface area (Å²) in [7, 11) is 0. The summed E-state index contributed by atoms with van der Waals surface area (Å²) < 4.78 is 11.8. The summed E-state index contributed by atoms with van der Waals surface area (Å²) in [4.78, 5) is 0. The van der Waals surface area contributed by atoms with E-state index in [1.807, 2.05) is 6.07 Å². The molecule has 0 saturated heterocycles. The number of fused-ring (bicyclic) bond motifs is 1. The highest BCUT2D eigenvalue weighted by molar-refractivity contribution is 9.10. The maximum absolute atomic E-state index is 5.56. The average molecular weight is 350 g/mol. The molecule has 0 fully saturated rings. The van der Waals surface area contributed by atoms with E-state index in [2.05, 4.69) is 46.4 Å². The van der Waals surface area contributed by atoms with Crippen LogP contribution in [0.4, 0.5) is 0 Å². The number of hydrogen-bond donors (Lipinski definition) is 1. The van der Waals surface area contributed by atoms with Gasteiger partial charge < -0.3 is 14.5 Å². The topological polar surface area (TPSA) is 34.4 Å². The van der Waals surface area contributed by atoms with Crippen LogP contribution < -0.4 is 10.1 Å². The van der Waals surface area contributed by atoms with Crippen LogP contribution in [-0.4, -0.2) is 13.2 Å². The maximum atomic E-state index is 5.56. The average Bonchev–Trinajstić information content (AvgIpc) is 3.11.